The van der Waals surface area contributed by atoms with Crippen LogP contribution in [0, 0.1) is 5.82 Å². The molecule has 0 radical (unpaired) electrons. The molecule has 6 heteroatoms. The fourth-order valence-electron chi connectivity index (χ4n) is 1.21. The first kappa shape index (κ1) is 14.4. The van der Waals surface area contributed by atoms with E-state index in [9.17, 15) is 4.39 Å². The summed E-state index contributed by atoms with van der Waals surface area (Å²) in [5.74, 6) is -0.214. The predicted molar refractivity (Wildman–Crippen MR) is 74.6 cm³/mol. The number of hydrazone groups is 1. The molecule has 0 aliphatic heterocycles. The topological polar surface area (TPSA) is 45.7 Å². The molecule has 0 saturated carbocycles. The lowest BCUT2D eigenvalue weighted by atomic mass is 10.2. The molecule has 18 heavy (non-hydrogen) atoms. The van der Waals surface area contributed by atoms with Gasteiger partial charge in [-0.2, -0.15) is 5.10 Å². The van der Waals surface area contributed by atoms with Gasteiger partial charge in [-0.3, -0.25) is 5.43 Å². The van der Waals surface area contributed by atoms with Crippen LogP contribution < -0.4 is 15.5 Å². The van der Waals surface area contributed by atoms with E-state index in [2.05, 4.69) is 15.8 Å². The summed E-state index contributed by atoms with van der Waals surface area (Å²) in [4.78, 5) is 0. The standard InChI is InChI=1S/C12H16FN3OS/c1-3-6-14-12(18)16-15-8-9-4-5-11(17-2)10(13)7-9/h4-5,7-8H,3,6H2,1-2H3,(H2,14,16,18)/b15-8-. The van der Waals surface area contributed by atoms with Crippen molar-refractivity contribution in [1.29, 1.82) is 0 Å². The zero-order chi connectivity index (χ0) is 13.4. The Kier molecular flexibility index (Phi) is 6.07. The lowest BCUT2D eigenvalue weighted by Gasteiger charge is -2.04. The molecule has 0 fully saturated rings. The molecule has 98 valence electrons. The van der Waals surface area contributed by atoms with Gasteiger partial charge in [0.1, 0.15) is 0 Å². The van der Waals surface area contributed by atoms with Crippen molar-refractivity contribution in [3.8, 4) is 5.75 Å². The third-order valence-electron chi connectivity index (χ3n) is 2.09. The summed E-state index contributed by atoms with van der Waals surface area (Å²) in [6, 6.07) is 4.59. The van der Waals surface area contributed by atoms with Gasteiger partial charge in [0, 0.05) is 6.54 Å². The number of rotatable bonds is 5. The van der Waals surface area contributed by atoms with E-state index in [1.807, 2.05) is 6.92 Å². The van der Waals surface area contributed by atoms with Crippen LogP contribution in [0.5, 0.6) is 5.75 Å². The van der Waals surface area contributed by atoms with Crippen molar-refractivity contribution < 1.29 is 9.13 Å². The highest BCUT2D eigenvalue weighted by molar-refractivity contribution is 7.80. The van der Waals surface area contributed by atoms with Crippen LogP contribution in [0.3, 0.4) is 0 Å². The predicted octanol–water partition coefficient (Wildman–Crippen LogP) is 2.04. The van der Waals surface area contributed by atoms with Gasteiger partial charge in [0.2, 0.25) is 0 Å². The first-order valence-corrected chi connectivity index (χ1v) is 5.98. The maximum Gasteiger partial charge on any atom is 0.186 e. The molecule has 0 saturated heterocycles. The Balaban J connectivity index is 2.52. The Morgan fingerprint density at radius 1 is 1.56 bits per heavy atom. The number of benzene rings is 1. The van der Waals surface area contributed by atoms with E-state index in [-0.39, 0.29) is 5.75 Å². The monoisotopic (exact) mass is 269 g/mol. The molecule has 0 aliphatic carbocycles. The Hall–Kier alpha value is -1.69. The van der Waals surface area contributed by atoms with Crippen LogP contribution in [-0.2, 0) is 0 Å². The largest absolute Gasteiger partial charge is 0.494 e. The fourth-order valence-corrected chi connectivity index (χ4v) is 1.36. The second-order valence-corrected chi connectivity index (χ2v) is 3.93. The van der Waals surface area contributed by atoms with E-state index < -0.39 is 5.82 Å². The van der Waals surface area contributed by atoms with Gasteiger partial charge in [0.25, 0.3) is 0 Å². The van der Waals surface area contributed by atoms with E-state index in [4.69, 9.17) is 17.0 Å². The minimum atomic E-state index is -0.423. The number of nitrogens with one attached hydrogen (secondary N) is 2. The highest BCUT2D eigenvalue weighted by Gasteiger charge is 2.01. The smallest absolute Gasteiger partial charge is 0.186 e. The van der Waals surface area contributed by atoms with Crippen molar-refractivity contribution in [2.45, 2.75) is 13.3 Å². The lowest BCUT2D eigenvalue weighted by Crippen LogP contribution is -2.32. The second kappa shape index (κ2) is 7.60. The molecule has 0 aromatic heterocycles. The third kappa shape index (κ3) is 4.67. The number of hydrogen-bond acceptors (Lipinski definition) is 3. The number of halogens is 1. The van der Waals surface area contributed by atoms with Gasteiger partial charge < -0.3 is 10.1 Å². The van der Waals surface area contributed by atoms with Crippen LogP contribution in [0.2, 0.25) is 0 Å². The number of hydrogen-bond donors (Lipinski definition) is 2. The van der Waals surface area contributed by atoms with Crippen molar-refractivity contribution in [1.82, 2.24) is 10.7 Å². The van der Waals surface area contributed by atoms with Crippen molar-refractivity contribution >= 4 is 23.5 Å². The molecule has 0 atom stereocenters. The minimum absolute atomic E-state index is 0.209. The Labute approximate surface area is 111 Å². The molecule has 0 heterocycles. The van der Waals surface area contributed by atoms with Gasteiger partial charge in [-0.05, 0) is 42.4 Å². The molecule has 2 N–H and O–H groups in total. The lowest BCUT2D eigenvalue weighted by molar-refractivity contribution is 0.386. The van der Waals surface area contributed by atoms with Gasteiger partial charge >= 0.3 is 0 Å². The van der Waals surface area contributed by atoms with E-state index in [0.717, 1.165) is 13.0 Å². The summed E-state index contributed by atoms with van der Waals surface area (Å²) in [5, 5.41) is 7.31. The van der Waals surface area contributed by atoms with Crippen molar-refractivity contribution in [3.05, 3.63) is 29.6 Å². The average Bonchev–Trinajstić information content (AvgIpc) is 2.36. The molecule has 4 nitrogen and oxygen atoms in total. The van der Waals surface area contributed by atoms with Crippen LogP contribution >= 0.6 is 12.2 Å². The van der Waals surface area contributed by atoms with Crippen LogP contribution in [0.25, 0.3) is 0 Å². The quantitative estimate of drug-likeness (QED) is 0.488. The molecular formula is C12H16FN3OS. The number of methoxy groups -OCH3 is 1. The summed E-state index contributed by atoms with van der Waals surface area (Å²) in [6.45, 7) is 2.83. The maximum absolute atomic E-state index is 13.4. The van der Waals surface area contributed by atoms with Gasteiger partial charge in [-0.25, -0.2) is 4.39 Å². The summed E-state index contributed by atoms with van der Waals surface area (Å²) < 4.78 is 18.2. The first-order valence-electron chi connectivity index (χ1n) is 5.57. The van der Waals surface area contributed by atoms with Crippen LogP contribution in [-0.4, -0.2) is 25.0 Å². The van der Waals surface area contributed by atoms with Crippen LogP contribution in [0.4, 0.5) is 4.39 Å². The first-order chi connectivity index (χ1) is 8.67. The molecular weight excluding hydrogens is 253 g/mol. The Morgan fingerprint density at radius 2 is 2.33 bits per heavy atom. The molecule has 1 aromatic rings. The SMILES string of the molecule is CCCNC(=S)N/N=C\c1ccc(OC)c(F)c1. The zero-order valence-corrected chi connectivity index (χ0v) is 11.2. The van der Waals surface area contributed by atoms with Gasteiger partial charge in [0.05, 0.1) is 13.3 Å². The van der Waals surface area contributed by atoms with E-state index in [0.29, 0.717) is 10.7 Å². The summed E-state index contributed by atoms with van der Waals surface area (Å²) >= 11 is 4.97. The minimum Gasteiger partial charge on any atom is -0.494 e. The van der Waals surface area contributed by atoms with E-state index in [1.54, 1.807) is 12.1 Å². The number of ether oxygens (including phenoxy) is 1. The molecule has 0 bridgehead atoms. The van der Waals surface area contributed by atoms with E-state index >= 15 is 0 Å². The third-order valence-corrected chi connectivity index (χ3v) is 2.33. The van der Waals surface area contributed by atoms with Crippen LogP contribution in [0.15, 0.2) is 23.3 Å². The van der Waals surface area contributed by atoms with Crippen molar-refractivity contribution in [3.63, 3.8) is 0 Å². The highest BCUT2D eigenvalue weighted by Crippen LogP contribution is 2.16. The maximum atomic E-state index is 13.4. The molecule has 0 spiro atoms. The average molecular weight is 269 g/mol. The summed E-state index contributed by atoms with van der Waals surface area (Å²) in [5.41, 5.74) is 3.27. The highest BCUT2D eigenvalue weighted by atomic mass is 32.1. The van der Waals surface area contributed by atoms with Gasteiger partial charge in [-0.1, -0.05) is 6.92 Å². The molecule has 0 unspecified atom stereocenters. The normalized spacial score (nSPS) is 10.4. The number of nitrogens with zero attached hydrogens (tertiary/aromatic N) is 1. The molecule has 1 aromatic carbocycles. The molecule has 0 aliphatic rings. The zero-order valence-electron chi connectivity index (χ0n) is 10.4. The van der Waals surface area contributed by atoms with Gasteiger partial charge in [0.15, 0.2) is 16.7 Å². The van der Waals surface area contributed by atoms with E-state index in [1.165, 1.54) is 19.4 Å². The number of thiocarbonyl (C=S) groups is 1. The Morgan fingerprint density at radius 3 is 2.94 bits per heavy atom. The van der Waals surface area contributed by atoms with Crippen LogP contribution in [0.1, 0.15) is 18.9 Å². The molecule has 1 rings (SSSR count). The fraction of sp³-hybridized carbons (Fsp3) is 0.333. The second-order valence-electron chi connectivity index (χ2n) is 3.52. The van der Waals surface area contributed by atoms with Gasteiger partial charge in [-0.15, -0.1) is 0 Å². The summed E-state index contributed by atoms with van der Waals surface area (Å²) in [6.07, 6.45) is 2.47. The Bertz CT molecular complexity index is 437. The van der Waals surface area contributed by atoms with Crippen molar-refractivity contribution in [2.75, 3.05) is 13.7 Å². The summed E-state index contributed by atoms with van der Waals surface area (Å²) in [7, 11) is 1.42. The molecule has 0 amide bonds. The van der Waals surface area contributed by atoms with Crippen molar-refractivity contribution in [2.24, 2.45) is 5.10 Å².